The van der Waals surface area contributed by atoms with E-state index in [1.807, 2.05) is 45.4 Å². The molecule has 0 aromatic carbocycles. The second-order valence-electron chi connectivity index (χ2n) is 15.3. The molecule has 9 nitrogen and oxygen atoms in total. The third kappa shape index (κ3) is 39.7. The molecule has 0 aliphatic heterocycles. The zero-order valence-corrected chi connectivity index (χ0v) is 35.9. The van der Waals surface area contributed by atoms with Crippen molar-refractivity contribution in [3.63, 3.8) is 0 Å². The van der Waals surface area contributed by atoms with Gasteiger partial charge in [-0.15, -0.1) is 0 Å². The topological polar surface area (TPSA) is 112 Å². The quantitative estimate of drug-likeness (QED) is 0.0121. The van der Waals surface area contributed by atoms with Crippen LogP contribution in [0.1, 0.15) is 155 Å². The molecule has 0 amide bonds. The number of allylic oxidation sites excluding steroid dienone is 8. The number of aliphatic hydroxyl groups is 1. The van der Waals surface area contributed by atoms with Gasteiger partial charge in [-0.2, -0.15) is 0 Å². The lowest BCUT2D eigenvalue weighted by atomic mass is 10.1. The van der Waals surface area contributed by atoms with Crippen LogP contribution < -0.4 is 0 Å². The predicted molar refractivity (Wildman–Crippen MR) is 225 cm³/mol. The van der Waals surface area contributed by atoms with Gasteiger partial charge in [-0.05, 0) is 70.3 Å². The van der Waals surface area contributed by atoms with Gasteiger partial charge in [0.1, 0.15) is 19.8 Å². The second kappa shape index (κ2) is 36.6. The highest BCUT2D eigenvalue weighted by Crippen LogP contribution is 2.43. The summed E-state index contributed by atoms with van der Waals surface area (Å²) in [5.41, 5.74) is 0. The largest absolute Gasteiger partial charge is 0.498 e. The fraction of sp³-hybridized carbons (Fsp3) is 0.750. The van der Waals surface area contributed by atoms with Crippen molar-refractivity contribution in [1.29, 1.82) is 0 Å². The molecule has 0 saturated carbocycles. The lowest BCUT2D eigenvalue weighted by Gasteiger charge is -2.24. The van der Waals surface area contributed by atoms with E-state index in [1.54, 1.807) is 6.26 Å². The molecule has 3 atom stereocenters. The number of hydrogen-bond donors (Lipinski definition) is 2. The number of phosphoric ester groups is 1. The highest BCUT2D eigenvalue weighted by atomic mass is 31.2. The molecule has 2 N–H and O–H groups in total. The summed E-state index contributed by atoms with van der Waals surface area (Å²) < 4.78 is 34.6. The minimum atomic E-state index is -4.32. The van der Waals surface area contributed by atoms with E-state index in [4.69, 9.17) is 18.5 Å². The molecule has 0 rings (SSSR count). The Morgan fingerprint density at radius 2 is 1.31 bits per heavy atom. The molecule has 0 saturated heterocycles. The second-order valence-corrected chi connectivity index (χ2v) is 16.7. The van der Waals surface area contributed by atoms with Gasteiger partial charge in [-0.1, -0.05) is 133 Å². The van der Waals surface area contributed by atoms with E-state index >= 15 is 0 Å². The maximum atomic E-state index is 12.7. The van der Waals surface area contributed by atoms with Crippen LogP contribution in [0.2, 0.25) is 0 Å². The maximum Gasteiger partial charge on any atom is 0.472 e. The van der Waals surface area contributed by atoms with Crippen LogP contribution in [-0.2, 0) is 27.9 Å². The van der Waals surface area contributed by atoms with Gasteiger partial charge >= 0.3 is 13.8 Å². The normalized spacial score (nSPS) is 14.9. The van der Waals surface area contributed by atoms with Crippen molar-refractivity contribution in [3.05, 3.63) is 60.9 Å². The molecule has 0 aliphatic rings. The SMILES string of the molecule is CC/C=C/C/C=C/C=C/C(O)CCCCCCCC(=O)O[C@H](CO/C=C/CCCCCCCC/C=C\CCCCCC)COP(=O)(O)OCC[N+](C)(C)C. The van der Waals surface area contributed by atoms with Gasteiger partial charge in [0, 0.05) is 6.42 Å². The molecule has 0 aromatic rings. The Kier molecular flexibility index (Phi) is 35.3. The highest BCUT2D eigenvalue weighted by Gasteiger charge is 2.26. The average Bonchev–Trinajstić information content (AvgIpc) is 3.11. The Morgan fingerprint density at radius 3 is 1.96 bits per heavy atom. The van der Waals surface area contributed by atoms with Crippen LogP contribution >= 0.6 is 7.82 Å². The summed E-state index contributed by atoms with van der Waals surface area (Å²) in [6, 6.07) is 0. The van der Waals surface area contributed by atoms with Crippen LogP contribution in [-0.4, -0.2) is 80.2 Å². The van der Waals surface area contributed by atoms with Gasteiger partial charge in [-0.3, -0.25) is 13.8 Å². The van der Waals surface area contributed by atoms with Crippen molar-refractivity contribution in [1.82, 2.24) is 0 Å². The molecule has 0 aliphatic carbocycles. The lowest BCUT2D eigenvalue weighted by Crippen LogP contribution is -2.37. The Labute approximate surface area is 331 Å². The number of carbonyl (C=O) groups is 1. The summed E-state index contributed by atoms with van der Waals surface area (Å²) >= 11 is 0. The van der Waals surface area contributed by atoms with Crippen LogP contribution in [0.15, 0.2) is 60.9 Å². The van der Waals surface area contributed by atoms with E-state index in [2.05, 4.69) is 44.2 Å². The van der Waals surface area contributed by atoms with Crippen molar-refractivity contribution in [2.45, 2.75) is 167 Å². The summed E-state index contributed by atoms with van der Waals surface area (Å²) in [5.74, 6) is -0.396. The predicted octanol–water partition coefficient (Wildman–Crippen LogP) is 11.5. The molecule has 0 radical (unpaired) electrons. The number of quaternary nitrogens is 1. The van der Waals surface area contributed by atoms with Crippen molar-refractivity contribution < 1.29 is 42.4 Å². The summed E-state index contributed by atoms with van der Waals surface area (Å²) in [7, 11) is 1.56. The Bertz CT molecular complexity index is 1070. The fourth-order valence-electron chi connectivity index (χ4n) is 5.40. The standard InChI is InChI=1S/C44H80NO8P/c1-6-8-10-12-14-15-16-17-18-19-20-21-22-24-29-33-38-50-40-43(41-52-54(48,49)51-39-37-45(3,4)5)53-44(47)36-32-28-25-27-31-35-42(46)34-30-26-23-13-11-9-7-2/h9,11,15-16,23,26,30,33-34,38,42-43,46H,6-8,10,12-14,17-22,24-25,27-29,31-32,35-37,39-41H2,1-5H3/p+1/b11-9+,16-15-,26-23+,34-30+,38-33+/t42?,43-/m1/s1. The molecule has 314 valence electrons. The first-order valence-corrected chi connectivity index (χ1v) is 22.7. The number of aliphatic hydroxyl groups excluding tert-OH is 1. The summed E-state index contributed by atoms with van der Waals surface area (Å²) in [6.45, 7) is 4.65. The van der Waals surface area contributed by atoms with E-state index < -0.39 is 26.0 Å². The molecule has 2 unspecified atom stereocenters. The van der Waals surface area contributed by atoms with Crippen LogP contribution in [0.25, 0.3) is 0 Å². The summed E-state index contributed by atoms with van der Waals surface area (Å²) in [6.07, 6.45) is 42.2. The first-order valence-electron chi connectivity index (χ1n) is 21.2. The number of unbranched alkanes of at least 4 members (excludes halogenated alkanes) is 15. The van der Waals surface area contributed by atoms with Gasteiger partial charge in [0.2, 0.25) is 0 Å². The zero-order valence-electron chi connectivity index (χ0n) is 35.1. The van der Waals surface area contributed by atoms with Gasteiger partial charge in [0.05, 0.1) is 40.1 Å². The van der Waals surface area contributed by atoms with Crippen molar-refractivity contribution in [2.24, 2.45) is 0 Å². The fourth-order valence-corrected chi connectivity index (χ4v) is 6.14. The molecule has 54 heavy (non-hydrogen) atoms. The first kappa shape index (κ1) is 52.0. The smallest absolute Gasteiger partial charge is 0.472 e. The van der Waals surface area contributed by atoms with E-state index in [0.717, 1.165) is 51.4 Å². The van der Waals surface area contributed by atoms with Gasteiger partial charge in [-0.25, -0.2) is 4.57 Å². The van der Waals surface area contributed by atoms with E-state index in [9.17, 15) is 19.4 Å². The number of carbonyl (C=O) groups excluding carboxylic acids is 1. The third-order valence-corrected chi connectivity index (χ3v) is 9.72. The Balaban J connectivity index is 4.42. The first-order chi connectivity index (χ1) is 26.0. The number of ether oxygens (including phenoxy) is 2. The van der Waals surface area contributed by atoms with Gasteiger partial charge in [0.25, 0.3) is 0 Å². The molecule has 10 heteroatoms. The summed E-state index contributed by atoms with van der Waals surface area (Å²) in [4.78, 5) is 22.8. The molecule has 0 fully saturated rings. The molecule has 0 spiro atoms. The van der Waals surface area contributed by atoms with E-state index in [1.165, 1.54) is 70.6 Å². The van der Waals surface area contributed by atoms with Crippen LogP contribution in [0.4, 0.5) is 0 Å². The van der Waals surface area contributed by atoms with Crippen LogP contribution in [0, 0.1) is 0 Å². The highest BCUT2D eigenvalue weighted by molar-refractivity contribution is 7.47. The zero-order chi connectivity index (χ0) is 40.0. The maximum absolute atomic E-state index is 12.7. The average molecular weight is 783 g/mol. The molecule has 0 bridgehead atoms. The minimum absolute atomic E-state index is 0.0107. The number of phosphoric acid groups is 1. The van der Waals surface area contributed by atoms with Gasteiger partial charge < -0.3 is 24.0 Å². The van der Waals surface area contributed by atoms with E-state index in [0.29, 0.717) is 23.9 Å². The van der Waals surface area contributed by atoms with Crippen LogP contribution in [0.5, 0.6) is 0 Å². The summed E-state index contributed by atoms with van der Waals surface area (Å²) in [5, 5.41) is 10.2. The lowest BCUT2D eigenvalue weighted by molar-refractivity contribution is -0.870. The Hall–Kier alpha value is -2.00. The Morgan fingerprint density at radius 1 is 0.704 bits per heavy atom. The molecular formula is C44H81NO8P+. The van der Waals surface area contributed by atoms with Crippen molar-refractivity contribution >= 4 is 13.8 Å². The number of hydrogen-bond acceptors (Lipinski definition) is 7. The number of likely N-dealkylation sites (N-methyl/N-ethyl adjacent to an activating group) is 1. The van der Waals surface area contributed by atoms with Crippen LogP contribution in [0.3, 0.4) is 0 Å². The number of esters is 1. The van der Waals surface area contributed by atoms with E-state index in [-0.39, 0.29) is 26.2 Å². The van der Waals surface area contributed by atoms with Crippen molar-refractivity contribution in [2.75, 3.05) is 47.5 Å². The molecule has 0 aromatic heterocycles. The number of rotatable bonds is 38. The van der Waals surface area contributed by atoms with Crippen molar-refractivity contribution in [3.8, 4) is 0 Å². The molecular weight excluding hydrogens is 701 g/mol. The molecule has 0 heterocycles. The monoisotopic (exact) mass is 783 g/mol. The van der Waals surface area contributed by atoms with Gasteiger partial charge in [0.15, 0.2) is 6.10 Å². The number of nitrogens with zero attached hydrogens (tertiary/aromatic N) is 1. The minimum Gasteiger partial charge on any atom is -0.498 e. The third-order valence-electron chi connectivity index (χ3n) is 8.73.